The number of fused-ring (bicyclic) bond motifs is 3. The number of esters is 1. The quantitative estimate of drug-likeness (QED) is 0.412. The van der Waals surface area contributed by atoms with E-state index in [-0.39, 0.29) is 45.2 Å². The van der Waals surface area contributed by atoms with Crippen molar-refractivity contribution in [1.82, 2.24) is 0 Å². The molecule has 3 aliphatic carbocycles. The van der Waals surface area contributed by atoms with Crippen molar-refractivity contribution in [2.24, 2.45) is 16.7 Å². The van der Waals surface area contributed by atoms with Crippen LogP contribution in [0.25, 0.3) is 0 Å². The molecule has 4 rings (SSSR count). The van der Waals surface area contributed by atoms with Crippen LogP contribution in [0.1, 0.15) is 56.0 Å². The molecule has 2 fully saturated rings. The molecule has 0 heterocycles. The van der Waals surface area contributed by atoms with Gasteiger partial charge >= 0.3 is 5.97 Å². The maximum Gasteiger partial charge on any atom is 0.342 e. The van der Waals surface area contributed by atoms with Gasteiger partial charge in [-0.2, -0.15) is 0 Å². The van der Waals surface area contributed by atoms with E-state index in [4.69, 9.17) is 16.3 Å². The van der Waals surface area contributed by atoms with Gasteiger partial charge in [0.1, 0.15) is 35.1 Å². The van der Waals surface area contributed by atoms with Crippen molar-refractivity contribution in [2.45, 2.75) is 64.3 Å². The van der Waals surface area contributed by atoms with Crippen molar-refractivity contribution >= 4 is 23.9 Å². The Hall–Kier alpha value is -2.09. The Morgan fingerprint density at radius 1 is 1.19 bits per heavy atom. The zero-order valence-corrected chi connectivity index (χ0v) is 18.7. The van der Waals surface area contributed by atoms with E-state index in [0.29, 0.717) is 19.1 Å². The molecule has 0 aromatic heterocycles. The molecule has 168 valence electrons. The van der Waals surface area contributed by atoms with E-state index in [1.807, 2.05) is 20.8 Å². The van der Waals surface area contributed by atoms with Crippen LogP contribution in [0.2, 0.25) is 5.02 Å². The summed E-state index contributed by atoms with van der Waals surface area (Å²) in [7, 11) is 0. The molecule has 0 amide bonds. The molecule has 0 spiro atoms. The van der Waals surface area contributed by atoms with E-state index in [1.165, 1.54) is 13.0 Å². The zero-order valence-electron chi connectivity index (χ0n) is 17.9. The third kappa shape index (κ3) is 2.79. The second-order valence-corrected chi connectivity index (χ2v) is 10.7. The van der Waals surface area contributed by atoms with Gasteiger partial charge in [0, 0.05) is 23.0 Å². The summed E-state index contributed by atoms with van der Waals surface area (Å²) in [6, 6.07) is 0.948. The number of ether oxygens (including phenoxy) is 1. The number of phenolic OH excluding ortho intramolecular Hbond substituents is 2. The minimum absolute atomic E-state index is 0.000169. The second-order valence-electron chi connectivity index (χ2n) is 10.3. The Labute approximate surface area is 185 Å². The molecule has 31 heavy (non-hydrogen) atoms. The van der Waals surface area contributed by atoms with Crippen molar-refractivity contribution < 1.29 is 34.8 Å². The van der Waals surface area contributed by atoms with Gasteiger partial charge in [0.2, 0.25) is 0 Å². The van der Waals surface area contributed by atoms with Gasteiger partial charge in [-0.05, 0) is 43.2 Å². The number of benzene rings is 1. The first-order chi connectivity index (χ1) is 14.2. The van der Waals surface area contributed by atoms with Gasteiger partial charge in [-0.3, -0.25) is 4.79 Å². The molecule has 0 radical (unpaired) electrons. The van der Waals surface area contributed by atoms with Crippen LogP contribution in [0.4, 0.5) is 0 Å². The number of hydrogen-bond donors (Lipinski definition) is 4. The minimum Gasteiger partial charge on any atom is -0.507 e. The first kappa shape index (κ1) is 22.1. The lowest BCUT2D eigenvalue weighted by Crippen LogP contribution is -2.75. The Bertz CT molecular complexity index is 1030. The van der Waals surface area contributed by atoms with E-state index >= 15 is 0 Å². The van der Waals surface area contributed by atoms with E-state index in [2.05, 4.69) is 0 Å². The summed E-state index contributed by atoms with van der Waals surface area (Å²) >= 11 is 5.99. The number of carbonyl (C=O) groups excluding carboxylic acids is 2. The summed E-state index contributed by atoms with van der Waals surface area (Å²) in [4.78, 5) is 24.8. The molecule has 1 aromatic rings. The Morgan fingerprint density at radius 3 is 2.45 bits per heavy atom. The second kappa shape index (κ2) is 6.47. The number of rotatable bonds is 3. The van der Waals surface area contributed by atoms with Gasteiger partial charge < -0.3 is 25.2 Å². The topological polar surface area (TPSA) is 124 Å². The number of aromatic hydroxyl groups is 2. The van der Waals surface area contributed by atoms with E-state index < -0.39 is 34.4 Å². The van der Waals surface area contributed by atoms with Gasteiger partial charge in [-0.1, -0.05) is 32.4 Å². The van der Waals surface area contributed by atoms with Crippen molar-refractivity contribution in [1.29, 1.82) is 0 Å². The summed E-state index contributed by atoms with van der Waals surface area (Å²) in [6.45, 7) is 7.34. The maximum absolute atomic E-state index is 12.9. The molecule has 7 nitrogen and oxygen atoms in total. The molecular formula is C23H27ClO7. The molecule has 0 bridgehead atoms. The van der Waals surface area contributed by atoms with Gasteiger partial charge in [0.15, 0.2) is 0 Å². The Balaban J connectivity index is 1.70. The highest BCUT2D eigenvalue weighted by Gasteiger charge is 2.75. The molecule has 1 aromatic carbocycles. The van der Waals surface area contributed by atoms with E-state index in [1.54, 1.807) is 0 Å². The van der Waals surface area contributed by atoms with Crippen LogP contribution < -0.4 is 0 Å². The fourth-order valence-electron chi connectivity index (χ4n) is 6.30. The van der Waals surface area contributed by atoms with Crippen LogP contribution in [-0.4, -0.2) is 50.0 Å². The predicted molar refractivity (Wildman–Crippen MR) is 112 cm³/mol. The number of aldehydes is 1. The van der Waals surface area contributed by atoms with Crippen molar-refractivity contribution in [3.63, 3.8) is 0 Å². The van der Waals surface area contributed by atoms with Crippen molar-refractivity contribution in [2.75, 3.05) is 0 Å². The zero-order chi connectivity index (χ0) is 23.1. The SMILES string of the molecule is Cc1c(Cl)c(O)cc(O)c1C(=O)O[C@@H]1C[C@]2(C)C3CC(C)(C)C[C@@]3(O)C=C(C=O)[C@]12O. The van der Waals surface area contributed by atoms with Gasteiger partial charge in [0.05, 0.1) is 10.6 Å². The van der Waals surface area contributed by atoms with Crippen molar-refractivity contribution in [3.05, 3.63) is 33.9 Å². The molecule has 2 saturated carbocycles. The standard InChI is InChI=1S/C23H27ClO7/c1-11-17(13(26)5-14(27)18(11)24)19(28)31-16-8-21(4)15-7-20(2,3)10-22(15,29)6-12(9-25)23(16,21)30/h5-6,9,15-16,26-27,29-30H,7-8,10H2,1-4H3/t15?,16-,21-,22+,23+/m1/s1. The minimum atomic E-state index is -1.76. The average molecular weight is 451 g/mol. The number of carbonyl (C=O) groups is 2. The highest BCUT2D eigenvalue weighted by atomic mass is 35.5. The fraction of sp³-hybridized carbons (Fsp3) is 0.565. The number of aliphatic hydroxyl groups is 2. The molecule has 3 aliphatic rings. The normalized spacial score (nSPS) is 37.8. The Morgan fingerprint density at radius 2 is 1.84 bits per heavy atom. The lowest BCUT2D eigenvalue weighted by molar-refractivity contribution is -0.261. The predicted octanol–water partition coefficient (Wildman–Crippen LogP) is 3.03. The lowest BCUT2D eigenvalue weighted by Gasteiger charge is -2.65. The Kier molecular flexibility index (Phi) is 4.61. The monoisotopic (exact) mass is 450 g/mol. The van der Waals surface area contributed by atoms with E-state index in [9.17, 15) is 30.0 Å². The smallest absolute Gasteiger partial charge is 0.342 e. The highest BCUT2D eigenvalue weighted by molar-refractivity contribution is 6.33. The van der Waals surface area contributed by atoms with Crippen LogP contribution in [0.15, 0.2) is 17.7 Å². The van der Waals surface area contributed by atoms with Crippen molar-refractivity contribution in [3.8, 4) is 11.5 Å². The molecular weight excluding hydrogens is 424 g/mol. The summed E-state index contributed by atoms with van der Waals surface area (Å²) in [6.07, 6.45) is 2.27. The number of halogens is 1. The first-order valence-corrected chi connectivity index (χ1v) is 10.6. The lowest BCUT2D eigenvalue weighted by atomic mass is 9.43. The summed E-state index contributed by atoms with van der Waals surface area (Å²) < 4.78 is 5.56. The third-order valence-corrected chi connectivity index (χ3v) is 8.20. The first-order valence-electron chi connectivity index (χ1n) is 10.3. The molecule has 4 N–H and O–H groups in total. The fourth-order valence-corrected chi connectivity index (χ4v) is 6.45. The summed E-state index contributed by atoms with van der Waals surface area (Å²) in [5.74, 6) is -2.10. The van der Waals surface area contributed by atoms with Crippen LogP contribution in [-0.2, 0) is 9.53 Å². The summed E-state index contributed by atoms with van der Waals surface area (Å²) in [5, 5.41) is 42.7. The molecule has 0 saturated heterocycles. The number of phenols is 2. The average Bonchev–Trinajstić information content (AvgIpc) is 2.92. The van der Waals surface area contributed by atoms with Crippen LogP contribution in [0.3, 0.4) is 0 Å². The summed E-state index contributed by atoms with van der Waals surface area (Å²) in [5.41, 5.74) is -4.09. The molecule has 5 atom stereocenters. The highest BCUT2D eigenvalue weighted by Crippen LogP contribution is 2.69. The van der Waals surface area contributed by atoms with Gasteiger partial charge in [-0.15, -0.1) is 0 Å². The van der Waals surface area contributed by atoms with Crippen LogP contribution in [0.5, 0.6) is 11.5 Å². The maximum atomic E-state index is 12.9. The molecule has 0 aliphatic heterocycles. The van der Waals surface area contributed by atoms with Gasteiger partial charge in [-0.25, -0.2) is 4.79 Å². The van der Waals surface area contributed by atoms with Gasteiger partial charge in [0.25, 0.3) is 0 Å². The largest absolute Gasteiger partial charge is 0.507 e. The molecule has 1 unspecified atom stereocenters. The molecule has 8 heteroatoms. The van der Waals surface area contributed by atoms with Crippen LogP contribution >= 0.6 is 11.6 Å². The third-order valence-electron chi connectivity index (χ3n) is 7.72. The van der Waals surface area contributed by atoms with Crippen LogP contribution in [0, 0.1) is 23.7 Å². The number of hydrogen-bond acceptors (Lipinski definition) is 7. The van der Waals surface area contributed by atoms with E-state index in [0.717, 1.165) is 6.07 Å².